The third-order valence-corrected chi connectivity index (χ3v) is 13.2. The third-order valence-electron chi connectivity index (χ3n) is 13.2. The van der Waals surface area contributed by atoms with Crippen LogP contribution >= 0.6 is 0 Å². The molecule has 2 saturated heterocycles. The Hall–Kier alpha value is -5.51. The van der Waals surface area contributed by atoms with Gasteiger partial charge in [0.2, 0.25) is 12.3 Å². The highest BCUT2D eigenvalue weighted by atomic mass is 16.6. The van der Waals surface area contributed by atoms with Crippen LogP contribution in [0.2, 0.25) is 0 Å². The molecule has 0 aliphatic carbocycles. The number of likely N-dealkylation sites (tertiary alicyclic amines) is 2. The fourth-order valence-electron chi connectivity index (χ4n) is 9.89. The number of imidazole rings is 2. The number of aromatic amines is 2. The number of carbonyl (C=O) groups excluding carboxylic acids is 1. The molecular weight excluding hydrogens is 797 g/mol. The van der Waals surface area contributed by atoms with E-state index in [1.54, 1.807) is 7.11 Å². The van der Waals surface area contributed by atoms with Crippen molar-refractivity contribution in [2.75, 3.05) is 33.9 Å². The molecule has 63 heavy (non-hydrogen) atoms. The average molecular weight is 857 g/mol. The van der Waals surface area contributed by atoms with E-state index in [1.165, 1.54) is 7.11 Å². The number of methoxy groups -OCH3 is 2. The molecule has 0 radical (unpaired) electrons. The van der Waals surface area contributed by atoms with Gasteiger partial charge >= 0.3 is 0 Å². The number of aliphatic hydroxyl groups is 2. The molecule has 4 unspecified atom stereocenters. The Morgan fingerprint density at radius 3 is 2.33 bits per heavy atom. The van der Waals surface area contributed by atoms with E-state index >= 15 is 0 Å². The van der Waals surface area contributed by atoms with Gasteiger partial charge in [0.25, 0.3) is 0 Å². The zero-order valence-corrected chi connectivity index (χ0v) is 37.1. The summed E-state index contributed by atoms with van der Waals surface area (Å²) in [5.41, 5.74) is 8.93. The first-order valence-electron chi connectivity index (χ1n) is 22.4. The molecule has 3 aromatic carbocycles. The van der Waals surface area contributed by atoms with Crippen molar-refractivity contribution in [2.24, 2.45) is 17.8 Å². The van der Waals surface area contributed by atoms with Crippen molar-refractivity contribution in [3.63, 3.8) is 0 Å². The Bertz CT molecular complexity index is 2580. The van der Waals surface area contributed by atoms with Crippen LogP contribution < -0.4 is 14.8 Å². The number of nitrogens with one attached hydrogen (secondary N) is 3. The minimum atomic E-state index is -1.13. The normalized spacial score (nSPS) is 19.1. The van der Waals surface area contributed by atoms with E-state index in [-0.39, 0.29) is 29.8 Å². The molecule has 2 fully saturated rings. The molecule has 3 aliphatic heterocycles. The molecule has 6 heterocycles. The quantitative estimate of drug-likeness (QED) is 0.0638. The van der Waals surface area contributed by atoms with Gasteiger partial charge in [0.1, 0.15) is 29.4 Å². The van der Waals surface area contributed by atoms with Crippen LogP contribution in [-0.4, -0.2) is 96.9 Å². The average Bonchev–Trinajstić information content (AvgIpc) is 4.14. The summed E-state index contributed by atoms with van der Waals surface area (Å²) < 4.78 is 19.5. The van der Waals surface area contributed by atoms with E-state index in [2.05, 4.69) is 87.1 Å². The molecule has 3 aliphatic rings. The lowest BCUT2D eigenvalue weighted by Crippen LogP contribution is -2.45. The monoisotopic (exact) mass is 856 g/mol. The van der Waals surface area contributed by atoms with Crippen molar-refractivity contribution >= 4 is 16.8 Å². The first-order chi connectivity index (χ1) is 30.5. The van der Waals surface area contributed by atoms with E-state index in [9.17, 15) is 15.0 Å². The van der Waals surface area contributed by atoms with Crippen LogP contribution in [-0.2, 0) is 16.3 Å². The number of hydrogen-bond acceptors (Lipinski definition) is 10. The van der Waals surface area contributed by atoms with Crippen molar-refractivity contribution in [2.45, 2.75) is 91.3 Å². The summed E-state index contributed by atoms with van der Waals surface area (Å²) >= 11 is 0. The topological polar surface area (TPSA) is 166 Å². The minimum absolute atomic E-state index is 0.0441. The fourth-order valence-corrected chi connectivity index (χ4v) is 9.89. The highest BCUT2D eigenvalue weighted by Gasteiger charge is 2.37. The van der Waals surface area contributed by atoms with E-state index in [0.717, 1.165) is 118 Å². The number of aliphatic hydroxyl groups excluding tert-OH is 2. The first-order valence-corrected chi connectivity index (χ1v) is 22.4. The van der Waals surface area contributed by atoms with E-state index in [1.807, 2.05) is 43.3 Å². The molecule has 332 valence electrons. The molecule has 1 amide bonds. The summed E-state index contributed by atoms with van der Waals surface area (Å²) in [7, 11) is 3.11. The number of aromatic nitrogens is 5. The maximum Gasteiger partial charge on any atom is 0.227 e. The fraction of sp³-hybridized carbons (Fsp3) is 0.449. The molecule has 5 N–H and O–H groups in total. The van der Waals surface area contributed by atoms with Gasteiger partial charge in [-0.25, -0.2) is 9.97 Å². The Kier molecular flexibility index (Phi) is 12.2. The highest BCUT2D eigenvalue weighted by molar-refractivity contribution is 6.07. The van der Waals surface area contributed by atoms with E-state index in [0.29, 0.717) is 25.7 Å². The number of rotatable bonds is 15. The van der Waals surface area contributed by atoms with Gasteiger partial charge in [-0.3, -0.25) is 15.0 Å². The third kappa shape index (κ3) is 8.26. The van der Waals surface area contributed by atoms with Crippen LogP contribution in [0.4, 0.5) is 0 Å². The predicted molar refractivity (Wildman–Crippen MR) is 242 cm³/mol. The standard InChI is InChI=1S/C49H60N8O6/c1-28(2)20-43(58)55-18-8-12-40(55)46-50-26-38(54-46)31-14-16-34-42(23-31)63-27-57-39-17-15-30(22-35(39)44(45(34)57)32-10-7-11-33(21-32)61-5)37-25-51-47(53-37)41-13-9-19-56(41)48(59)36(29(3)4)24-52-49(60)62-6/h7,10-11,14-17,21-23,25-26,28-29,36,40-41,43,49,52,58,60H,8-9,12-13,18-20,24,27H2,1-6H3,(H,50,54)(H,51,53)/t36?,40?,41-,43?,49?/m0/s1. The smallest absolute Gasteiger partial charge is 0.227 e. The van der Waals surface area contributed by atoms with Gasteiger partial charge in [0.05, 0.1) is 60.1 Å². The number of H-pyrrole nitrogens is 2. The number of fused-ring (bicyclic) bond motifs is 5. The number of nitrogens with zero attached hydrogens (tertiary/aromatic N) is 5. The van der Waals surface area contributed by atoms with Gasteiger partial charge in [0.15, 0.2) is 6.73 Å². The summed E-state index contributed by atoms with van der Waals surface area (Å²) in [6, 6.07) is 20.9. The molecular formula is C49H60N8O6. The maximum absolute atomic E-state index is 14.0. The molecule has 0 bridgehead atoms. The van der Waals surface area contributed by atoms with Gasteiger partial charge in [-0.15, -0.1) is 0 Å². The van der Waals surface area contributed by atoms with Gasteiger partial charge in [-0.1, -0.05) is 52.0 Å². The number of carbonyl (C=O) groups is 1. The lowest BCUT2D eigenvalue weighted by atomic mass is 9.94. The van der Waals surface area contributed by atoms with Gasteiger partial charge in [0, 0.05) is 54.4 Å². The molecule has 9 rings (SSSR count). The van der Waals surface area contributed by atoms with Crippen LogP contribution in [0.25, 0.3) is 55.8 Å². The number of amides is 1. The van der Waals surface area contributed by atoms with E-state index < -0.39 is 12.6 Å². The summed E-state index contributed by atoms with van der Waals surface area (Å²) in [5.74, 6) is 3.39. The van der Waals surface area contributed by atoms with Crippen LogP contribution in [0, 0.1) is 17.8 Å². The molecule has 3 aromatic heterocycles. The second-order valence-corrected chi connectivity index (χ2v) is 18.0. The van der Waals surface area contributed by atoms with Gasteiger partial charge < -0.3 is 43.9 Å². The Labute approximate surface area is 368 Å². The minimum Gasteiger partial charge on any atom is -0.497 e. The van der Waals surface area contributed by atoms with Crippen LogP contribution in [0.5, 0.6) is 11.5 Å². The van der Waals surface area contributed by atoms with Crippen molar-refractivity contribution < 1.29 is 29.2 Å². The molecule has 0 saturated carbocycles. The zero-order chi connectivity index (χ0) is 43.9. The van der Waals surface area contributed by atoms with Crippen LogP contribution in [0.1, 0.15) is 83.5 Å². The van der Waals surface area contributed by atoms with Gasteiger partial charge in [-0.2, -0.15) is 0 Å². The number of ether oxygens (including phenoxy) is 3. The number of hydrogen-bond donors (Lipinski definition) is 5. The highest BCUT2D eigenvalue weighted by Crippen LogP contribution is 2.48. The van der Waals surface area contributed by atoms with Crippen molar-refractivity contribution in [3.8, 4) is 56.4 Å². The lowest BCUT2D eigenvalue weighted by Gasteiger charge is -2.30. The summed E-state index contributed by atoms with van der Waals surface area (Å²) in [6.45, 7) is 10.5. The van der Waals surface area contributed by atoms with Crippen molar-refractivity contribution in [1.29, 1.82) is 0 Å². The lowest BCUT2D eigenvalue weighted by molar-refractivity contribution is -0.139. The van der Waals surface area contributed by atoms with Gasteiger partial charge in [-0.05, 0) is 85.9 Å². The Morgan fingerprint density at radius 2 is 1.60 bits per heavy atom. The SMILES string of the molecule is COc1cccc(-c2c3n(c4ccc(-c5cnc([C@@H]6CCCN6C(=O)C(CNC(O)OC)C(C)C)[nH]5)cc24)COc2cc(-c4cnc(C5CCCN5C(O)CC(C)C)[nH]4)ccc2-3)c1. The molecule has 6 aromatic rings. The van der Waals surface area contributed by atoms with Crippen LogP contribution in [0.15, 0.2) is 73.1 Å². The number of benzene rings is 3. The second kappa shape index (κ2) is 17.9. The molecule has 14 heteroatoms. The molecule has 5 atom stereocenters. The summed E-state index contributed by atoms with van der Waals surface area (Å²) in [5, 5.41) is 24.9. The largest absolute Gasteiger partial charge is 0.497 e. The first kappa shape index (κ1) is 42.8. The predicted octanol–water partition coefficient (Wildman–Crippen LogP) is 8.06. The maximum atomic E-state index is 14.0. The molecule has 14 nitrogen and oxygen atoms in total. The Morgan fingerprint density at radius 1 is 0.889 bits per heavy atom. The van der Waals surface area contributed by atoms with Crippen molar-refractivity contribution in [3.05, 3.63) is 84.7 Å². The second-order valence-electron chi connectivity index (χ2n) is 18.0. The Balaban J connectivity index is 1.04. The van der Waals surface area contributed by atoms with Crippen LogP contribution in [0.3, 0.4) is 0 Å². The zero-order valence-electron chi connectivity index (χ0n) is 37.1. The van der Waals surface area contributed by atoms with Crippen molar-refractivity contribution in [1.82, 2.24) is 39.6 Å². The summed E-state index contributed by atoms with van der Waals surface area (Å²) in [4.78, 5) is 35.0. The van der Waals surface area contributed by atoms with E-state index in [4.69, 9.17) is 24.2 Å². The molecule has 0 spiro atoms. The summed E-state index contributed by atoms with van der Waals surface area (Å²) in [6.07, 6.45) is 6.56.